The maximum Gasteiger partial charge on any atom is 0.164 e. The van der Waals surface area contributed by atoms with Gasteiger partial charge in [-0.1, -0.05) is 0 Å². The summed E-state index contributed by atoms with van der Waals surface area (Å²) < 4.78 is 0. The Balaban J connectivity index is 1.88. The van der Waals surface area contributed by atoms with E-state index in [0.29, 0.717) is 5.92 Å². The van der Waals surface area contributed by atoms with E-state index in [-0.39, 0.29) is 6.61 Å². The van der Waals surface area contributed by atoms with E-state index < -0.39 is 0 Å². The smallest absolute Gasteiger partial charge is 0.164 e. The summed E-state index contributed by atoms with van der Waals surface area (Å²) in [5, 5.41) is 10.8. The van der Waals surface area contributed by atoms with Crippen LogP contribution in [0.4, 0.5) is 5.82 Å². The van der Waals surface area contributed by atoms with Crippen molar-refractivity contribution in [3.05, 3.63) is 35.0 Å². The second-order valence-corrected chi connectivity index (χ2v) is 7.92. The zero-order chi connectivity index (χ0) is 17.4. The van der Waals surface area contributed by atoms with Crippen LogP contribution in [0.2, 0.25) is 0 Å². The molecular formula is C19H22N4OS. The molecule has 3 aromatic rings. The molecule has 130 valence electrons. The van der Waals surface area contributed by atoms with Gasteiger partial charge in [0.15, 0.2) is 5.82 Å². The SMILES string of the molecule is Cc1sc2nc(-c3cccnc3)nc(N3CCCC(CO)C3)c2c1C. The average Bonchev–Trinajstić information content (AvgIpc) is 2.96. The van der Waals surface area contributed by atoms with Gasteiger partial charge < -0.3 is 10.0 Å². The lowest BCUT2D eigenvalue weighted by Gasteiger charge is -2.33. The summed E-state index contributed by atoms with van der Waals surface area (Å²) in [4.78, 5) is 18.6. The molecule has 5 nitrogen and oxygen atoms in total. The van der Waals surface area contributed by atoms with E-state index in [1.807, 2.05) is 18.3 Å². The number of aliphatic hydroxyl groups is 1. The molecule has 6 heteroatoms. The molecule has 0 aromatic carbocycles. The number of piperidine rings is 1. The molecule has 1 fully saturated rings. The van der Waals surface area contributed by atoms with Crippen molar-refractivity contribution in [2.24, 2.45) is 5.92 Å². The predicted molar refractivity (Wildman–Crippen MR) is 102 cm³/mol. The third-order valence-corrected chi connectivity index (χ3v) is 6.11. The van der Waals surface area contributed by atoms with Gasteiger partial charge in [-0.3, -0.25) is 4.98 Å². The molecule has 1 saturated heterocycles. The summed E-state index contributed by atoms with van der Waals surface area (Å²) in [5.41, 5.74) is 2.20. The molecule has 1 atom stereocenters. The number of pyridine rings is 1. The third-order valence-electron chi connectivity index (χ3n) is 5.01. The molecule has 25 heavy (non-hydrogen) atoms. The molecule has 0 bridgehead atoms. The Kier molecular flexibility index (Phi) is 4.39. The fraction of sp³-hybridized carbons (Fsp3) is 0.421. The number of aromatic nitrogens is 3. The second-order valence-electron chi connectivity index (χ2n) is 6.71. The highest BCUT2D eigenvalue weighted by atomic mass is 32.1. The van der Waals surface area contributed by atoms with Gasteiger partial charge in [0.05, 0.1) is 5.39 Å². The highest BCUT2D eigenvalue weighted by Gasteiger charge is 2.25. The maximum atomic E-state index is 9.59. The molecule has 1 aliphatic heterocycles. The Morgan fingerprint density at radius 3 is 2.96 bits per heavy atom. The summed E-state index contributed by atoms with van der Waals surface area (Å²) in [6.07, 6.45) is 5.74. The first kappa shape index (κ1) is 16.4. The number of fused-ring (bicyclic) bond motifs is 1. The second kappa shape index (κ2) is 6.69. The van der Waals surface area contributed by atoms with Crippen LogP contribution in [0.3, 0.4) is 0 Å². The van der Waals surface area contributed by atoms with Gasteiger partial charge in [0.1, 0.15) is 10.6 Å². The predicted octanol–water partition coefficient (Wildman–Crippen LogP) is 3.58. The summed E-state index contributed by atoms with van der Waals surface area (Å²) in [6.45, 7) is 6.36. The van der Waals surface area contributed by atoms with E-state index in [1.165, 1.54) is 10.4 Å². The number of hydrogen-bond acceptors (Lipinski definition) is 6. The van der Waals surface area contributed by atoms with Gasteiger partial charge in [0, 0.05) is 42.5 Å². The number of nitrogens with zero attached hydrogens (tertiary/aromatic N) is 4. The van der Waals surface area contributed by atoms with Crippen LogP contribution in [-0.4, -0.2) is 39.8 Å². The Bertz CT molecular complexity index is 893. The molecular weight excluding hydrogens is 332 g/mol. The van der Waals surface area contributed by atoms with Crippen molar-refractivity contribution >= 4 is 27.4 Å². The normalized spacial score (nSPS) is 18.0. The molecule has 0 amide bonds. The minimum Gasteiger partial charge on any atom is -0.396 e. The molecule has 3 aromatic heterocycles. The van der Waals surface area contributed by atoms with Gasteiger partial charge in [-0.15, -0.1) is 11.3 Å². The summed E-state index contributed by atoms with van der Waals surface area (Å²) in [7, 11) is 0. The topological polar surface area (TPSA) is 62.1 Å². The molecule has 1 unspecified atom stereocenters. The monoisotopic (exact) mass is 354 g/mol. The first-order valence-electron chi connectivity index (χ1n) is 8.71. The minimum atomic E-state index is 0.238. The Morgan fingerprint density at radius 1 is 1.32 bits per heavy atom. The van der Waals surface area contributed by atoms with Crippen molar-refractivity contribution in [1.29, 1.82) is 0 Å². The zero-order valence-electron chi connectivity index (χ0n) is 14.6. The fourth-order valence-electron chi connectivity index (χ4n) is 3.49. The number of thiophene rings is 1. The molecule has 4 rings (SSSR count). The van der Waals surface area contributed by atoms with Crippen molar-refractivity contribution in [3.8, 4) is 11.4 Å². The summed E-state index contributed by atoms with van der Waals surface area (Å²) in [6, 6.07) is 3.91. The molecule has 4 heterocycles. The zero-order valence-corrected chi connectivity index (χ0v) is 15.4. The highest BCUT2D eigenvalue weighted by Crippen LogP contribution is 2.37. The van der Waals surface area contributed by atoms with Crippen LogP contribution in [0, 0.1) is 19.8 Å². The molecule has 0 spiro atoms. The van der Waals surface area contributed by atoms with Crippen LogP contribution >= 0.6 is 11.3 Å². The van der Waals surface area contributed by atoms with E-state index in [4.69, 9.17) is 9.97 Å². The van der Waals surface area contributed by atoms with Crippen molar-refractivity contribution in [3.63, 3.8) is 0 Å². The van der Waals surface area contributed by atoms with E-state index in [1.54, 1.807) is 17.5 Å². The largest absolute Gasteiger partial charge is 0.396 e. The van der Waals surface area contributed by atoms with Crippen LogP contribution in [0.15, 0.2) is 24.5 Å². The van der Waals surface area contributed by atoms with Crippen LogP contribution in [0.25, 0.3) is 21.6 Å². The van der Waals surface area contributed by atoms with Gasteiger partial charge in [-0.25, -0.2) is 9.97 Å². The van der Waals surface area contributed by atoms with E-state index in [9.17, 15) is 5.11 Å². The van der Waals surface area contributed by atoms with Gasteiger partial charge in [-0.05, 0) is 50.3 Å². The Hall–Kier alpha value is -2.05. The summed E-state index contributed by atoms with van der Waals surface area (Å²) in [5.74, 6) is 2.05. The molecule has 0 saturated carbocycles. The third kappa shape index (κ3) is 3.00. The molecule has 0 aliphatic carbocycles. The highest BCUT2D eigenvalue weighted by molar-refractivity contribution is 7.18. The lowest BCUT2D eigenvalue weighted by Crippen LogP contribution is -2.37. The van der Waals surface area contributed by atoms with Crippen LogP contribution in [0.5, 0.6) is 0 Å². The van der Waals surface area contributed by atoms with Crippen molar-refractivity contribution in [2.75, 3.05) is 24.6 Å². The van der Waals surface area contributed by atoms with Gasteiger partial charge in [0.2, 0.25) is 0 Å². The number of aliphatic hydroxyl groups excluding tert-OH is 1. The van der Waals surface area contributed by atoms with Crippen LogP contribution in [0.1, 0.15) is 23.3 Å². The fourth-order valence-corrected chi connectivity index (χ4v) is 4.51. The van der Waals surface area contributed by atoms with Crippen molar-refractivity contribution < 1.29 is 5.11 Å². The van der Waals surface area contributed by atoms with Gasteiger partial charge in [0.25, 0.3) is 0 Å². The molecule has 1 N–H and O–H groups in total. The van der Waals surface area contributed by atoms with Crippen molar-refractivity contribution in [2.45, 2.75) is 26.7 Å². The first-order valence-corrected chi connectivity index (χ1v) is 9.53. The van der Waals surface area contributed by atoms with Gasteiger partial charge in [-0.2, -0.15) is 0 Å². The average molecular weight is 354 g/mol. The Morgan fingerprint density at radius 2 is 2.20 bits per heavy atom. The van der Waals surface area contributed by atoms with E-state index in [0.717, 1.165) is 53.4 Å². The van der Waals surface area contributed by atoms with Crippen LogP contribution < -0.4 is 4.90 Å². The number of aryl methyl sites for hydroxylation is 2. The number of hydrogen-bond donors (Lipinski definition) is 1. The molecule has 0 radical (unpaired) electrons. The van der Waals surface area contributed by atoms with E-state index in [2.05, 4.69) is 23.7 Å². The Labute approximate surface area is 151 Å². The standard InChI is InChI=1S/C19H22N4OS/c1-12-13(2)25-19-16(12)18(23-8-4-5-14(10-23)11-24)21-17(22-19)15-6-3-7-20-9-15/h3,6-7,9,14,24H,4-5,8,10-11H2,1-2H3. The minimum absolute atomic E-state index is 0.238. The van der Waals surface area contributed by atoms with Gasteiger partial charge >= 0.3 is 0 Å². The number of rotatable bonds is 3. The lowest BCUT2D eigenvalue weighted by atomic mass is 9.98. The van der Waals surface area contributed by atoms with E-state index >= 15 is 0 Å². The quantitative estimate of drug-likeness (QED) is 0.779. The maximum absolute atomic E-state index is 9.59. The molecule has 1 aliphatic rings. The number of anilines is 1. The lowest BCUT2D eigenvalue weighted by molar-refractivity contribution is 0.208. The van der Waals surface area contributed by atoms with Crippen molar-refractivity contribution in [1.82, 2.24) is 15.0 Å². The summed E-state index contributed by atoms with van der Waals surface area (Å²) >= 11 is 1.72. The first-order chi connectivity index (χ1) is 12.2. The van der Waals surface area contributed by atoms with Crippen LogP contribution in [-0.2, 0) is 0 Å².